The van der Waals surface area contributed by atoms with Crippen LogP contribution in [0, 0.1) is 0 Å². The molecule has 0 spiro atoms. The predicted molar refractivity (Wildman–Crippen MR) is 98.3 cm³/mol. The Balaban J connectivity index is 0.00000127. The fourth-order valence-corrected chi connectivity index (χ4v) is 2.14. The molecule has 0 radical (unpaired) electrons. The molecule has 0 unspecified atom stereocenters. The van der Waals surface area contributed by atoms with Crippen molar-refractivity contribution in [1.82, 2.24) is 9.97 Å². The van der Waals surface area contributed by atoms with Crippen molar-refractivity contribution >= 4 is 17.8 Å². The first-order valence-electron chi connectivity index (χ1n) is 8.23. The number of aromatic nitrogens is 2. The maximum absolute atomic E-state index is 9.12. The molecule has 0 fully saturated rings. The number of hydrogen-bond donors (Lipinski definition) is 1. The lowest BCUT2D eigenvalue weighted by Crippen LogP contribution is -2.27. The Bertz CT molecular complexity index is 547. The second-order valence-electron chi connectivity index (χ2n) is 4.77. The van der Waals surface area contributed by atoms with Crippen LogP contribution in [0.2, 0.25) is 0 Å². The average molecular weight is 313 g/mol. The highest BCUT2D eigenvalue weighted by atomic mass is 16.3. The molecule has 0 atom stereocenters. The highest BCUT2D eigenvalue weighted by molar-refractivity contribution is 5.68. The van der Waals surface area contributed by atoms with E-state index in [0.29, 0.717) is 6.54 Å². The second-order valence-corrected chi connectivity index (χ2v) is 4.77. The quantitative estimate of drug-likeness (QED) is 0.842. The third-order valence-corrected chi connectivity index (χ3v) is 3.17. The van der Waals surface area contributed by atoms with Crippen molar-refractivity contribution in [1.29, 1.82) is 0 Å². The number of aliphatic hydroxyl groups excluding tert-OH is 1. The number of anilines is 1. The zero-order chi connectivity index (χ0) is 16.9. The maximum Gasteiger partial charge on any atom is 0.115 e. The van der Waals surface area contributed by atoms with E-state index in [1.54, 1.807) is 12.5 Å². The molecule has 2 aromatic rings. The van der Waals surface area contributed by atoms with Crippen molar-refractivity contribution in [2.45, 2.75) is 27.2 Å². The molecule has 1 N–H and O–H groups in total. The van der Waals surface area contributed by atoms with Crippen LogP contribution in [0.3, 0.4) is 0 Å². The Labute approximate surface area is 139 Å². The molecule has 23 heavy (non-hydrogen) atoms. The fourth-order valence-electron chi connectivity index (χ4n) is 2.14. The van der Waals surface area contributed by atoms with Gasteiger partial charge in [0.05, 0.1) is 12.3 Å². The van der Waals surface area contributed by atoms with E-state index in [2.05, 4.69) is 46.1 Å². The Morgan fingerprint density at radius 3 is 2.35 bits per heavy atom. The van der Waals surface area contributed by atoms with E-state index < -0.39 is 0 Å². The van der Waals surface area contributed by atoms with E-state index in [9.17, 15) is 0 Å². The summed E-state index contributed by atoms with van der Waals surface area (Å²) in [6.07, 6.45) is 8.33. The van der Waals surface area contributed by atoms with Gasteiger partial charge in [-0.25, -0.2) is 9.97 Å². The topological polar surface area (TPSA) is 49.2 Å². The molecule has 0 aliphatic carbocycles. The maximum atomic E-state index is 9.12. The van der Waals surface area contributed by atoms with E-state index in [-0.39, 0.29) is 6.61 Å². The van der Waals surface area contributed by atoms with Crippen molar-refractivity contribution in [2.24, 2.45) is 0 Å². The number of hydrogen-bond acceptors (Lipinski definition) is 4. The summed E-state index contributed by atoms with van der Waals surface area (Å²) in [4.78, 5) is 10.2. The van der Waals surface area contributed by atoms with Gasteiger partial charge in [-0.05, 0) is 36.3 Å². The molecule has 0 aliphatic heterocycles. The standard InChI is InChI=1S/C17H21N3O.C2H6/c1-2-11-20(12-13-21)17-7-4-15(5-8-17)3-6-16-9-10-18-14-19-16;1-2/h3-10,14,21H,2,11-13H2,1H3;1-2H3/b6-3+;. The highest BCUT2D eigenvalue weighted by Gasteiger charge is 2.03. The van der Waals surface area contributed by atoms with Crippen LogP contribution in [0.5, 0.6) is 0 Å². The molecule has 4 nitrogen and oxygen atoms in total. The van der Waals surface area contributed by atoms with E-state index in [0.717, 1.165) is 29.9 Å². The smallest absolute Gasteiger partial charge is 0.115 e. The first kappa shape index (κ1) is 18.8. The highest BCUT2D eigenvalue weighted by Crippen LogP contribution is 2.16. The lowest BCUT2D eigenvalue weighted by atomic mass is 10.1. The zero-order valence-electron chi connectivity index (χ0n) is 14.3. The summed E-state index contributed by atoms with van der Waals surface area (Å²) in [5.74, 6) is 0. The summed E-state index contributed by atoms with van der Waals surface area (Å²) < 4.78 is 0. The van der Waals surface area contributed by atoms with Crippen LogP contribution in [-0.4, -0.2) is 34.8 Å². The van der Waals surface area contributed by atoms with E-state index in [4.69, 9.17) is 5.11 Å². The molecule has 1 heterocycles. The first-order chi connectivity index (χ1) is 11.3. The van der Waals surface area contributed by atoms with Crippen molar-refractivity contribution in [3.8, 4) is 0 Å². The van der Waals surface area contributed by atoms with Crippen molar-refractivity contribution in [2.75, 3.05) is 24.6 Å². The zero-order valence-corrected chi connectivity index (χ0v) is 14.3. The van der Waals surface area contributed by atoms with Gasteiger partial charge in [0, 0.05) is 25.0 Å². The molecule has 0 aliphatic rings. The second kappa shape index (κ2) is 11.4. The van der Waals surface area contributed by atoms with Crippen LogP contribution >= 0.6 is 0 Å². The Morgan fingerprint density at radius 2 is 1.78 bits per heavy atom. The summed E-state index contributed by atoms with van der Waals surface area (Å²) >= 11 is 0. The fraction of sp³-hybridized carbons (Fsp3) is 0.368. The third-order valence-electron chi connectivity index (χ3n) is 3.17. The van der Waals surface area contributed by atoms with Crippen molar-refractivity contribution in [3.63, 3.8) is 0 Å². The predicted octanol–water partition coefficient (Wildman–Crippen LogP) is 3.88. The summed E-state index contributed by atoms with van der Waals surface area (Å²) in [6.45, 7) is 7.94. The molecule has 4 heteroatoms. The van der Waals surface area contributed by atoms with Gasteiger partial charge in [0.25, 0.3) is 0 Å². The molecule has 124 valence electrons. The molecule has 1 aromatic heterocycles. The molecule has 2 rings (SSSR count). The van der Waals surface area contributed by atoms with Crippen LogP contribution < -0.4 is 4.90 Å². The molecule has 0 bridgehead atoms. The lowest BCUT2D eigenvalue weighted by molar-refractivity contribution is 0.302. The van der Waals surface area contributed by atoms with E-state index in [1.165, 1.54) is 0 Å². The summed E-state index contributed by atoms with van der Waals surface area (Å²) in [6, 6.07) is 10.2. The summed E-state index contributed by atoms with van der Waals surface area (Å²) in [7, 11) is 0. The minimum Gasteiger partial charge on any atom is -0.395 e. The normalized spacial score (nSPS) is 10.3. The number of nitrogens with zero attached hydrogens (tertiary/aromatic N) is 3. The van der Waals surface area contributed by atoms with Gasteiger partial charge in [-0.2, -0.15) is 0 Å². The van der Waals surface area contributed by atoms with Gasteiger partial charge in [-0.3, -0.25) is 0 Å². The Hall–Kier alpha value is -2.20. The summed E-state index contributed by atoms with van der Waals surface area (Å²) in [5.41, 5.74) is 3.16. The molecule has 0 amide bonds. The lowest BCUT2D eigenvalue weighted by Gasteiger charge is -2.23. The van der Waals surface area contributed by atoms with Gasteiger partial charge in [-0.1, -0.05) is 39.0 Å². The van der Waals surface area contributed by atoms with E-state index in [1.807, 2.05) is 32.1 Å². The SMILES string of the molecule is CC.CCCN(CCO)c1ccc(/C=C/c2ccncn2)cc1. The monoisotopic (exact) mass is 313 g/mol. The Morgan fingerprint density at radius 1 is 1.04 bits per heavy atom. The molecule has 0 saturated heterocycles. The third kappa shape index (κ3) is 6.61. The van der Waals surface area contributed by atoms with Crippen molar-refractivity contribution in [3.05, 3.63) is 54.1 Å². The van der Waals surface area contributed by atoms with Gasteiger partial charge in [0.15, 0.2) is 0 Å². The first-order valence-corrected chi connectivity index (χ1v) is 8.23. The molecular weight excluding hydrogens is 286 g/mol. The minimum atomic E-state index is 0.176. The van der Waals surface area contributed by atoms with Crippen LogP contribution in [0.25, 0.3) is 12.2 Å². The van der Waals surface area contributed by atoms with Crippen LogP contribution in [-0.2, 0) is 0 Å². The van der Waals surface area contributed by atoms with Gasteiger partial charge in [0.2, 0.25) is 0 Å². The molecular formula is C19H27N3O. The molecule has 0 saturated carbocycles. The van der Waals surface area contributed by atoms with Gasteiger partial charge in [-0.15, -0.1) is 0 Å². The van der Waals surface area contributed by atoms with Gasteiger partial charge < -0.3 is 10.0 Å². The number of aliphatic hydroxyl groups is 1. The molecule has 1 aromatic carbocycles. The van der Waals surface area contributed by atoms with Gasteiger partial charge >= 0.3 is 0 Å². The van der Waals surface area contributed by atoms with Crippen molar-refractivity contribution < 1.29 is 5.11 Å². The average Bonchev–Trinajstić information content (AvgIpc) is 2.63. The van der Waals surface area contributed by atoms with Crippen LogP contribution in [0.4, 0.5) is 5.69 Å². The number of benzene rings is 1. The minimum absolute atomic E-state index is 0.176. The van der Waals surface area contributed by atoms with Crippen LogP contribution in [0.15, 0.2) is 42.9 Å². The summed E-state index contributed by atoms with van der Waals surface area (Å²) in [5, 5.41) is 9.12. The largest absolute Gasteiger partial charge is 0.395 e. The number of rotatable bonds is 7. The van der Waals surface area contributed by atoms with Crippen LogP contribution in [0.1, 0.15) is 38.4 Å². The van der Waals surface area contributed by atoms with E-state index >= 15 is 0 Å². The Kier molecular flexibility index (Phi) is 9.32. The van der Waals surface area contributed by atoms with Gasteiger partial charge in [0.1, 0.15) is 6.33 Å².